The normalized spacial score (nSPS) is 28.7. The lowest BCUT2D eigenvalue weighted by atomic mass is 10.1. The van der Waals surface area contributed by atoms with Gasteiger partial charge >= 0.3 is 0 Å². The fourth-order valence-corrected chi connectivity index (χ4v) is 2.45. The van der Waals surface area contributed by atoms with Crippen molar-refractivity contribution in [2.75, 3.05) is 26.2 Å². The minimum atomic E-state index is 0. The van der Waals surface area contributed by atoms with E-state index in [1.165, 1.54) is 19.3 Å². The molecule has 0 aromatic heterocycles. The lowest BCUT2D eigenvalue weighted by Crippen LogP contribution is -2.41. The molecule has 1 aliphatic heterocycles. The third-order valence-electron chi connectivity index (χ3n) is 4.05. The highest BCUT2D eigenvalue weighted by Gasteiger charge is 2.45. The summed E-state index contributed by atoms with van der Waals surface area (Å²) in [6.45, 7) is 10.4. The molecule has 2 atom stereocenters. The van der Waals surface area contributed by atoms with Crippen molar-refractivity contribution in [3.63, 3.8) is 0 Å². The predicted molar refractivity (Wildman–Crippen MR) is 90.3 cm³/mol. The molecule has 1 saturated carbocycles. The van der Waals surface area contributed by atoms with Gasteiger partial charge in [0.25, 0.3) is 0 Å². The Morgan fingerprint density at radius 2 is 2.11 bits per heavy atom. The van der Waals surface area contributed by atoms with Crippen LogP contribution in [0.1, 0.15) is 40.0 Å². The van der Waals surface area contributed by atoms with E-state index < -0.39 is 0 Å². The van der Waals surface area contributed by atoms with Gasteiger partial charge in [-0.2, -0.15) is 0 Å². The van der Waals surface area contributed by atoms with Crippen LogP contribution in [0, 0.1) is 11.3 Å². The first-order chi connectivity index (χ1) is 8.62. The van der Waals surface area contributed by atoms with Crippen molar-refractivity contribution < 1.29 is 4.74 Å². The SMILES string of the molecule is CCNC(=NCC1CC1(C)C)NCC1CCCO1.I. The Kier molecular flexibility index (Phi) is 6.86. The molecule has 2 N–H and O–H groups in total. The van der Waals surface area contributed by atoms with Gasteiger partial charge in [0.1, 0.15) is 0 Å². The van der Waals surface area contributed by atoms with Crippen LogP contribution in [0.4, 0.5) is 0 Å². The number of rotatable bonds is 5. The minimum absolute atomic E-state index is 0. The molecule has 0 bridgehead atoms. The van der Waals surface area contributed by atoms with E-state index in [9.17, 15) is 0 Å². The van der Waals surface area contributed by atoms with Crippen LogP contribution >= 0.6 is 24.0 Å². The number of aliphatic imine (C=N–C) groups is 1. The van der Waals surface area contributed by atoms with Crippen molar-refractivity contribution in [2.45, 2.75) is 46.1 Å². The second-order valence-corrected chi connectivity index (χ2v) is 6.13. The van der Waals surface area contributed by atoms with Gasteiger partial charge in [0.2, 0.25) is 0 Å². The maximum Gasteiger partial charge on any atom is 0.191 e. The Bertz CT molecular complexity index is 301. The molecule has 2 unspecified atom stereocenters. The highest BCUT2D eigenvalue weighted by atomic mass is 127. The number of ether oxygens (including phenoxy) is 1. The Morgan fingerprint density at radius 3 is 2.63 bits per heavy atom. The molecule has 5 heteroatoms. The van der Waals surface area contributed by atoms with E-state index in [2.05, 4.69) is 36.4 Å². The molecule has 2 fully saturated rings. The molecule has 2 aliphatic rings. The highest BCUT2D eigenvalue weighted by Crippen LogP contribution is 2.51. The van der Waals surface area contributed by atoms with Gasteiger partial charge in [-0.3, -0.25) is 4.99 Å². The molecule has 2 rings (SSSR count). The quantitative estimate of drug-likeness (QED) is 0.437. The number of hydrogen-bond acceptors (Lipinski definition) is 2. The van der Waals surface area contributed by atoms with Crippen LogP contribution in [0.3, 0.4) is 0 Å². The average molecular weight is 381 g/mol. The zero-order valence-electron chi connectivity index (χ0n) is 12.4. The summed E-state index contributed by atoms with van der Waals surface area (Å²) < 4.78 is 5.61. The maximum absolute atomic E-state index is 5.61. The van der Waals surface area contributed by atoms with E-state index in [1.54, 1.807) is 0 Å². The van der Waals surface area contributed by atoms with Crippen molar-refractivity contribution in [3.05, 3.63) is 0 Å². The second-order valence-electron chi connectivity index (χ2n) is 6.13. The Morgan fingerprint density at radius 1 is 1.37 bits per heavy atom. The van der Waals surface area contributed by atoms with Crippen LogP contribution in [-0.2, 0) is 4.74 Å². The van der Waals surface area contributed by atoms with Gasteiger partial charge in [0.05, 0.1) is 6.10 Å². The molecule has 0 spiro atoms. The van der Waals surface area contributed by atoms with Gasteiger partial charge in [-0.1, -0.05) is 13.8 Å². The molecule has 0 aromatic carbocycles. The molecular weight excluding hydrogens is 353 g/mol. The van der Waals surface area contributed by atoms with E-state index >= 15 is 0 Å². The summed E-state index contributed by atoms with van der Waals surface area (Å²) in [4.78, 5) is 4.67. The number of halogens is 1. The van der Waals surface area contributed by atoms with Gasteiger partial charge in [0, 0.05) is 26.2 Å². The van der Waals surface area contributed by atoms with Crippen molar-refractivity contribution in [1.29, 1.82) is 0 Å². The van der Waals surface area contributed by atoms with E-state index in [0.29, 0.717) is 11.5 Å². The first-order valence-corrected chi connectivity index (χ1v) is 7.25. The Labute approximate surface area is 134 Å². The largest absolute Gasteiger partial charge is 0.376 e. The predicted octanol–water partition coefficient (Wildman–Crippen LogP) is 2.38. The van der Waals surface area contributed by atoms with Crippen LogP contribution in [0.15, 0.2) is 4.99 Å². The number of guanidine groups is 1. The molecule has 0 aromatic rings. The van der Waals surface area contributed by atoms with Crippen LogP contribution in [0.25, 0.3) is 0 Å². The summed E-state index contributed by atoms with van der Waals surface area (Å²) >= 11 is 0. The van der Waals surface area contributed by atoms with Crippen LogP contribution in [0.5, 0.6) is 0 Å². The molecule has 4 nitrogen and oxygen atoms in total. The Balaban J connectivity index is 0.00000180. The molecule has 1 aliphatic carbocycles. The first kappa shape index (κ1) is 17.0. The minimum Gasteiger partial charge on any atom is -0.376 e. The zero-order valence-corrected chi connectivity index (χ0v) is 14.7. The average Bonchev–Trinajstić information content (AvgIpc) is 2.77. The maximum atomic E-state index is 5.61. The number of hydrogen-bond donors (Lipinski definition) is 2. The molecule has 0 radical (unpaired) electrons. The molecule has 0 amide bonds. The first-order valence-electron chi connectivity index (χ1n) is 7.25. The van der Waals surface area contributed by atoms with Crippen molar-refractivity contribution in [3.8, 4) is 0 Å². The molecular formula is C14H28IN3O. The van der Waals surface area contributed by atoms with Gasteiger partial charge in [0.15, 0.2) is 5.96 Å². The van der Waals surface area contributed by atoms with Gasteiger partial charge in [-0.05, 0) is 37.5 Å². The molecule has 112 valence electrons. The molecule has 19 heavy (non-hydrogen) atoms. The summed E-state index contributed by atoms with van der Waals surface area (Å²) in [7, 11) is 0. The summed E-state index contributed by atoms with van der Waals surface area (Å²) in [6.07, 6.45) is 4.03. The summed E-state index contributed by atoms with van der Waals surface area (Å²) in [5.41, 5.74) is 0.509. The van der Waals surface area contributed by atoms with Crippen LogP contribution < -0.4 is 10.6 Å². The lowest BCUT2D eigenvalue weighted by molar-refractivity contribution is 0.114. The summed E-state index contributed by atoms with van der Waals surface area (Å²) in [6, 6.07) is 0. The lowest BCUT2D eigenvalue weighted by Gasteiger charge is -2.14. The smallest absolute Gasteiger partial charge is 0.191 e. The summed E-state index contributed by atoms with van der Waals surface area (Å²) in [5.74, 6) is 1.70. The monoisotopic (exact) mass is 381 g/mol. The van der Waals surface area contributed by atoms with E-state index in [0.717, 1.165) is 38.1 Å². The standard InChI is InChI=1S/C14H27N3O.HI/c1-4-15-13(16-9-11-8-14(11,2)3)17-10-12-6-5-7-18-12;/h11-12H,4-10H2,1-3H3,(H2,15,16,17);1H. The van der Waals surface area contributed by atoms with E-state index in [-0.39, 0.29) is 24.0 Å². The third-order valence-corrected chi connectivity index (χ3v) is 4.05. The second kappa shape index (κ2) is 7.67. The van der Waals surface area contributed by atoms with Crippen molar-refractivity contribution in [1.82, 2.24) is 10.6 Å². The number of nitrogens with zero attached hydrogens (tertiary/aromatic N) is 1. The van der Waals surface area contributed by atoms with Crippen LogP contribution in [0.2, 0.25) is 0 Å². The molecule has 1 saturated heterocycles. The zero-order chi connectivity index (χ0) is 13.0. The highest BCUT2D eigenvalue weighted by molar-refractivity contribution is 14.0. The Hall–Kier alpha value is -0.0400. The van der Waals surface area contributed by atoms with Gasteiger partial charge in [-0.25, -0.2) is 0 Å². The van der Waals surface area contributed by atoms with Gasteiger partial charge in [-0.15, -0.1) is 24.0 Å². The van der Waals surface area contributed by atoms with Gasteiger partial charge < -0.3 is 15.4 Å². The topological polar surface area (TPSA) is 45.7 Å². The third kappa shape index (κ3) is 5.45. The number of nitrogens with one attached hydrogen (secondary N) is 2. The fraction of sp³-hybridized carbons (Fsp3) is 0.929. The van der Waals surface area contributed by atoms with Crippen molar-refractivity contribution in [2.24, 2.45) is 16.3 Å². The van der Waals surface area contributed by atoms with Crippen LogP contribution in [-0.4, -0.2) is 38.3 Å². The summed E-state index contributed by atoms with van der Waals surface area (Å²) in [5, 5.41) is 6.69. The van der Waals surface area contributed by atoms with E-state index in [4.69, 9.17) is 4.74 Å². The van der Waals surface area contributed by atoms with Crippen molar-refractivity contribution >= 4 is 29.9 Å². The molecule has 1 heterocycles. The fourth-order valence-electron chi connectivity index (χ4n) is 2.45. The van der Waals surface area contributed by atoms with E-state index in [1.807, 2.05) is 0 Å².